The molecule has 0 heterocycles. The first kappa shape index (κ1) is 11.1. The van der Waals surface area contributed by atoms with Crippen molar-refractivity contribution in [2.45, 2.75) is 25.9 Å². The molecule has 1 aromatic carbocycles. The van der Waals surface area contributed by atoms with E-state index in [4.69, 9.17) is 18.0 Å². The summed E-state index contributed by atoms with van der Waals surface area (Å²) in [6, 6.07) is 5.50. The lowest BCUT2D eigenvalue weighted by Gasteiger charge is -2.12. The first-order chi connectivity index (χ1) is 6.65. The molecule has 0 bridgehead atoms. The molecular weight excluding hydrogens is 196 g/mol. The van der Waals surface area contributed by atoms with Gasteiger partial charge in [0.25, 0.3) is 0 Å². The predicted octanol–water partition coefficient (Wildman–Crippen LogP) is 3.10. The second kappa shape index (κ2) is 5.05. The van der Waals surface area contributed by atoms with Crippen LogP contribution in [0.25, 0.3) is 0 Å². The van der Waals surface area contributed by atoms with Crippen LogP contribution in [0.3, 0.4) is 0 Å². The zero-order chi connectivity index (χ0) is 10.6. The summed E-state index contributed by atoms with van der Waals surface area (Å²) in [7, 11) is 0. The van der Waals surface area contributed by atoms with Gasteiger partial charge in [-0.15, -0.1) is 12.3 Å². The molecule has 0 aliphatic carbocycles. The highest BCUT2D eigenvalue weighted by Gasteiger charge is 2.09. The molecule has 14 heavy (non-hydrogen) atoms. The van der Waals surface area contributed by atoms with E-state index in [9.17, 15) is 5.11 Å². The molecule has 0 aliphatic rings. The van der Waals surface area contributed by atoms with Crippen molar-refractivity contribution in [3.05, 3.63) is 34.3 Å². The molecule has 1 atom stereocenters. The van der Waals surface area contributed by atoms with E-state index in [1.165, 1.54) is 0 Å². The van der Waals surface area contributed by atoms with Crippen LogP contribution < -0.4 is 0 Å². The Morgan fingerprint density at radius 2 is 2.29 bits per heavy atom. The summed E-state index contributed by atoms with van der Waals surface area (Å²) in [6.45, 7) is 1.95. The van der Waals surface area contributed by atoms with Crippen molar-refractivity contribution in [1.29, 1.82) is 0 Å². The molecule has 1 aromatic rings. The lowest BCUT2D eigenvalue weighted by molar-refractivity contribution is 0.169. The monoisotopic (exact) mass is 208 g/mol. The number of benzene rings is 1. The average molecular weight is 209 g/mol. The molecular formula is C12H13ClO. The van der Waals surface area contributed by atoms with Crippen LogP contribution in [0.2, 0.25) is 5.02 Å². The summed E-state index contributed by atoms with van der Waals surface area (Å²) in [5.41, 5.74) is 1.91. The topological polar surface area (TPSA) is 20.2 Å². The summed E-state index contributed by atoms with van der Waals surface area (Å²) in [4.78, 5) is 0. The van der Waals surface area contributed by atoms with Crippen molar-refractivity contribution in [1.82, 2.24) is 0 Å². The third-order valence-corrected chi connectivity index (χ3v) is 2.40. The van der Waals surface area contributed by atoms with Crippen LogP contribution in [0.15, 0.2) is 18.2 Å². The highest BCUT2D eigenvalue weighted by molar-refractivity contribution is 6.30. The lowest BCUT2D eigenvalue weighted by Crippen LogP contribution is -1.99. The van der Waals surface area contributed by atoms with Crippen LogP contribution in [0, 0.1) is 19.3 Å². The lowest BCUT2D eigenvalue weighted by atomic mass is 10.0. The van der Waals surface area contributed by atoms with E-state index >= 15 is 0 Å². The van der Waals surface area contributed by atoms with E-state index in [0.717, 1.165) is 11.1 Å². The highest BCUT2D eigenvalue weighted by Crippen LogP contribution is 2.24. The zero-order valence-corrected chi connectivity index (χ0v) is 8.88. The van der Waals surface area contributed by atoms with Gasteiger partial charge in [0.1, 0.15) is 0 Å². The molecule has 74 valence electrons. The predicted molar refractivity (Wildman–Crippen MR) is 59.2 cm³/mol. The second-order valence-electron chi connectivity index (χ2n) is 3.26. The Bertz CT molecular complexity index is 352. The largest absolute Gasteiger partial charge is 0.388 e. The summed E-state index contributed by atoms with van der Waals surface area (Å²) in [5.74, 6) is 2.51. The summed E-state index contributed by atoms with van der Waals surface area (Å²) >= 11 is 5.84. The van der Waals surface area contributed by atoms with E-state index in [2.05, 4.69) is 5.92 Å². The SMILES string of the molecule is C#CCCC(O)c1cc(Cl)ccc1C. The van der Waals surface area contributed by atoms with Crippen molar-refractivity contribution in [3.63, 3.8) is 0 Å². The maximum Gasteiger partial charge on any atom is 0.0802 e. The molecule has 0 aliphatic heterocycles. The summed E-state index contributed by atoms with van der Waals surface area (Å²) < 4.78 is 0. The second-order valence-corrected chi connectivity index (χ2v) is 3.70. The van der Waals surface area contributed by atoms with Gasteiger partial charge in [0.2, 0.25) is 0 Å². The van der Waals surface area contributed by atoms with Crippen LogP contribution in [-0.4, -0.2) is 5.11 Å². The van der Waals surface area contributed by atoms with Crippen LogP contribution in [-0.2, 0) is 0 Å². The minimum Gasteiger partial charge on any atom is -0.388 e. The molecule has 0 fully saturated rings. The Hall–Kier alpha value is -0.970. The minimum absolute atomic E-state index is 0.509. The smallest absolute Gasteiger partial charge is 0.0802 e. The van der Waals surface area contributed by atoms with Crippen molar-refractivity contribution in [2.75, 3.05) is 0 Å². The van der Waals surface area contributed by atoms with Gasteiger partial charge >= 0.3 is 0 Å². The highest BCUT2D eigenvalue weighted by atomic mass is 35.5. The molecule has 1 N–H and O–H groups in total. The Balaban J connectivity index is 2.83. The average Bonchev–Trinajstić information content (AvgIpc) is 2.18. The first-order valence-electron chi connectivity index (χ1n) is 4.52. The maximum absolute atomic E-state index is 9.80. The van der Waals surface area contributed by atoms with Crippen LogP contribution in [0.5, 0.6) is 0 Å². The van der Waals surface area contributed by atoms with Gasteiger partial charge < -0.3 is 5.11 Å². The molecule has 1 unspecified atom stereocenters. The maximum atomic E-state index is 9.80. The van der Waals surface area contributed by atoms with Gasteiger partial charge in [-0.05, 0) is 36.6 Å². The van der Waals surface area contributed by atoms with Crippen molar-refractivity contribution in [2.24, 2.45) is 0 Å². The van der Waals surface area contributed by atoms with Gasteiger partial charge in [-0.3, -0.25) is 0 Å². The number of hydrogen-bond acceptors (Lipinski definition) is 1. The zero-order valence-electron chi connectivity index (χ0n) is 8.13. The minimum atomic E-state index is -0.509. The van der Waals surface area contributed by atoms with Gasteiger partial charge in [-0.2, -0.15) is 0 Å². The molecule has 0 aromatic heterocycles. The molecule has 0 saturated carbocycles. The quantitative estimate of drug-likeness (QED) is 0.757. The fraction of sp³-hybridized carbons (Fsp3) is 0.333. The molecule has 0 amide bonds. The van der Waals surface area contributed by atoms with Gasteiger partial charge in [-0.1, -0.05) is 17.7 Å². The van der Waals surface area contributed by atoms with Gasteiger partial charge in [0.05, 0.1) is 6.10 Å². The van der Waals surface area contributed by atoms with Gasteiger partial charge in [0.15, 0.2) is 0 Å². The first-order valence-corrected chi connectivity index (χ1v) is 4.90. The fourth-order valence-electron chi connectivity index (χ4n) is 1.35. The van der Waals surface area contributed by atoms with E-state index in [-0.39, 0.29) is 0 Å². The third kappa shape index (κ3) is 2.77. The third-order valence-electron chi connectivity index (χ3n) is 2.16. The van der Waals surface area contributed by atoms with E-state index in [0.29, 0.717) is 17.9 Å². The number of aryl methyl sites for hydroxylation is 1. The number of hydrogen-bond donors (Lipinski definition) is 1. The van der Waals surface area contributed by atoms with E-state index in [1.54, 1.807) is 6.07 Å². The Morgan fingerprint density at radius 3 is 2.93 bits per heavy atom. The van der Waals surface area contributed by atoms with Crippen LogP contribution in [0.4, 0.5) is 0 Å². The molecule has 2 heteroatoms. The normalized spacial score (nSPS) is 12.1. The Kier molecular flexibility index (Phi) is 4.00. The molecule has 0 saturated heterocycles. The molecule has 1 rings (SSSR count). The van der Waals surface area contributed by atoms with E-state index in [1.807, 2.05) is 19.1 Å². The van der Waals surface area contributed by atoms with Crippen molar-refractivity contribution < 1.29 is 5.11 Å². The number of halogens is 1. The van der Waals surface area contributed by atoms with Crippen LogP contribution in [0.1, 0.15) is 30.1 Å². The van der Waals surface area contributed by atoms with Gasteiger partial charge in [-0.25, -0.2) is 0 Å². The molecule has 0 radical (unpaired) electrons. The van der Waals surface area contributed by atoms with Crippen LogP contribution >= 0.6 is 11.6 Å². The Morgan fingerprint density at radius 1 is 1.57 bits per heavy atom. The summed E-state index contributed by atoms with van der Waals surface area (Å²) in [5, 5.41) is 10.4. The summed E-state index contributed by atoms with van der Waals surface area (Å²) in [6.07, 6.45) is 5.78. The number of aliphatic hydroxyl groups excluding tert-OH is 1. The van der Waals surface area contributed by atoms with Crippen molar-refractivity contribution in [3.8, 4) is 12.3 Å². The molecule has 1 nitrogen and oxygen atoms in total. The molecule has 0 spiro atoms. The number of rotatable bonds is 3. The van der Waals surface area contributed by atoms with Gasteiger partial charge in [0, 0.05) is 11.4 Å². The number of aliphatic hydroxyl groups is 1. The fourth-order valence-corrected chi connectivity index (χ4v) is 1.53. The number of terminal acetylenes is 1. The van der Waals surface area contributed by atoms with Crippen molar-refractivity contribution >= 4 is 11.6 Å². The standard InChI is InChI=1S/C12H13ClO/c1-3-4-5-12(14)11-8-10(13)7-6-9(11)2/h1,6-8,12,14H,4-5H2,2H3. The van der Waals surface area contributed by atoms with E-state index < -0.39 is 6.10 Å². The Labute approximate surface area is 89.7 Å².